The number of rotatable bonds is 0. The first kappa shape index (κ1) is 6.96. The van der Waals surface area contributed by atoms with Crippen molar-refractivity contribution in [3.05, 3.63) is 0 Å². The summed E-state index contributed by atoms with van der Waals surface area (Å²) in [6.45, 7) is 1.24. The van der Waals surface area contributed by atoms with Gasteiger partial charge in [0, 0.05) is 19.1 Å². The normalized spacial score (nSPS) is 38.0. The Morgan fingerprint density at radius 3 is 2.89 bits per heavy atom. The average Bonchev–Trinajstić information content (AvgIpc) is 1.97. The molecule has 0 unspecified atom stereocenters. The van der Waals surface area contributed by atoms with Gasteiger partial charge in [-0.15, -0.1) is 0 Å². The summed E-state index contributed by atoms with van der Waals surface area (Å²) in [4.78, 5) is 0. The highest BCUT2D eigenvalue weighted by Gasteiger charge is 2.13. The van der Waals surface area contributed by atoms with Crippen molar-refractivity contribution in [1.82, 2.24) is 5.32 Å². The number of nitrogens with two attached hydrogens (primary N) is 1. The van der Waals surface area contributed by atoms with Crippen LogP contribution in [0.2, 0.25) is 0 Å². The van der Waals surface area contributed by atoms with Crippen molar-refractivity contribution >= 4 is 0 Å². The topological polar surface area (TPSA) is 38.0 Å². The van der Waals surface area contributed by atoms with Gasteiger partial charge in [0.05, 0.1) is 0 Å². The van der Waals surface area contributed by atoms with Crippen molar-refractivity contribution in [2.45, 2.75) is 25.1 Å². The quantitative estimate of drug-likeness (QED) is 0.488. The molecule has 1 aliphatic heterocycles. The van der Waals surface area contributed by atoms with Gasteiger partial charge < -0.3 is 11.1 Å². The van der Waals surface area contributed by atoms with E-state index in [1.165, 1.54) is 0 Å². The maximum absolute atomic E-state index is 12.5. The number of halogens is 1. The molecule has 54 valence electrons. The molecule has 0 aromatic heterocycles. The lowest BCUT2D eigenvalue weighted by atomic mass is 10.1. The van der Waals surface area contributed by atoms with Crippen LogP contribution in [0.3, 0.4) is 0 Å². The molecule has 2 atom stereocenters. The summed E-state index contributed by atoms with van der Waals surface area (Å²) in [6.07, 6.45) is 0.751. The number of alkyl halides is 1. The van der Waals surface area contributed by atoms with Crippen LogP contribution < -0.4 is 11.1 Å². The van der Waals surface area contributed by atoms with Gasteiger partial charge in [-0.1, -0.05) is 0 Å². The van der Waals surface area contributed by atoms with Crippen molar-refractivity contribution < 1.29 is 4.39 Å². The van der Waals surface area contributed by atoms with Crippen LogP contribution in [0.15, 0.2) is 0 Å². The Morgan fingerprint density at radius 2 is 2.11 bits per heavy atom. The van der Waals surface area contributed by atoms with Crippen molar-refractivity contribution in [1.29, 1.82) is 0 Å². The second kappa shape index (κ2) is 3.13. The van der Waals surface area contributed by atoms with Crippen LogP contribution in [0.4, 0.5) is 4.39 Å². The summed E-state index contributed by atoms with van der Waals surface area (Å²) >= 11 is 0. The van der Waals surface area contributed by atoms with E-state index in [0.717, 1.165) is 13.0 Å². The zero-order valence-corrected chi connectivity index (χ0v) is 5.44. The maximum atomic E-state index is 12.5. The molecule has 0 amide bonds. The first-order valence-electron chi connectivity index (χ1n) is 3.39. The summed E-state index contributed by atoms with van der Waals surface area (Å²) in [7, 11) is 0. The molecule has 1 saturated heterocycles. The van der Waals surface area contributed by atoms with Crippen LogP contribution >= 0.6 is 0 Å². The molecule has 9 heavy (non-hydrogen) atoms. The summed E-state index contributed by atoms with van der Waals surface area (Å²) in [5.41, 5.74) is 5.57. The summed E-state index contributed by atoms with van der Waals surface area (Å²) in [5.74, 6) is 0. The highest BCUT2D eigenvalue weighted by molar-refractivity contribution is 4.73. The zero-order chi connectivity index (χ0) is 6.69. The van der Waals surface area contributed by atoms with E-state index in [1.54, 1.807) is 0 Å². The van der Waals surface area contributed by atoms with Gasteiger partial charge in [-0.05, 0) is 12.8 Å². The third-order valence-corrected chi connectivity index (χ3v) is 1.62. The highest BCUT2D eigenvalue weighted by atomic mass is 19.1. The Kier molecular flexibility index (Phi) is 2.42. The van der Waals surface area contributed by atoms with Gasteiger partial charge in [-0.3, -0.25) is 0 Å². The fourth-order valence-electron chi connectivity index (χ4n) is 1.02. The van der Waals surface area contributed by atoms with Crippen molar-refractivity contribution in [2.75, 3.05) is 13.1 Å². The molecule has 0 spiro atoms. The van der Waals surface area contributed by atoms with Gasteiger partial charge in [0.1, 0.15) is 6.17 Å². The standard InChI is InChI=1S/C6H13FN2/c7-5-1-2-6(8)4-9-3-5/h5-6,9H,1-4,8H2/t5-,6+/m1/s1. The first-order chi connectivity index (χ1) is 4.29. The van der Waals surface area contributed by atoms with Crippen molar-refractivity contribution in [2.24, 2.45) is 5.73 Å². The molecule has 0 radical (unpaired) electrons. The van der Waals surface area contributed by atoms with Crippen LogP contribution in [0.1, 0.15) is 12.8 Å². The first-order valence-corrected chi connectivity index (χ1v) is 3.39. The third-order valence-electron chi connectivity index (χ3n) is 1.62. The molecule has 1 heterocycles. The smallest absolute Gasteiger partial charge is 0.113 e. The predicted octanol–water partition coefficient (Wildman–Crippen LogP) is 0.0352. The molecule has 1 rings (SSSR count). The lowest BCUT2D eigenvalue weighted by Crippen LogP contribution is -2.32. The Balaban J connectivity index is 2.25. The van der Waals surface area contributed by atoms with Crippen LogP contribution in [0, 0.1) is 0 Å². The monoisotopic (exact) mass is 132 g/mol. The van der Waals surface area contributed by atoms with E-state index in [0.29, 0.717) is 13.0 Å². The number of nitrogens with one attached hydrogen (secondary N) is 1. The molecule has 0 aliphatic carbocycles. The van der Waals surface area contributed by atoms with Gasteiger partial charge in [0.2, 0.25) is 0 Å². The van der Waals surface area contributed by atoms with Gasteiger partial charge in [-0.25, -0.2) is 4.39 Å². The molecule has 3 N–H and O–H groups in total. The summed E-state index contributed by atoms with van der Waals surface area (Å²) in [5, 5.41) is 2.95. The van der Waals surface area contributed by atoms with E-state index in [1.807, 2.05) is 0 Å². The molecule has 2 nitrogen and oxygen atoms in total. The Morgan fingerprint density at radius 1 is 1.33 bits per heavy atom. The Bertz CT molecular complexity index is 77.1. The number of hydrogen-bond donors (Lipinski definition) is 2. The SMILES string of the molecule is N[C@H]1CC[C@@H](F)CNC1. The van der Waals surface area contributed by atoms with Crippen molar-refractivity contribution in [3.8, 4) is 0 Å². The minimum Gasteiger partial charge on any atom is -0.327 e. The molecule has 1 aliphatic rings. The molecular formula is C6H13FN2. The maximum Gasteiger partial charge on any atom is 0.113 e. The summed E-state index contributed by atoms with van der Waals surface area (Å²) in [6, 6.07) is 0.158. The van der Waals surface area contributed by atoms with Crippen LogP contribution in [-0.4, -0.2) is 25.3 Å². The number of hydrogen-bond acceptors (Lipinski definition) is 2. The minimum absolute atomic E-state index is 0.158. The zero-order valence-electron chi connectivity index (χ0n) is 5.44. The van der Waals surface area contributed by atoms with E-state index >= 15 is 0 Å². The van der Waals surface area contributed by atoms with Crippen LogP contribution in [0.25, 0.3) is 0 Å². The largest absolute Gasteiger partial charge is 0.327 e. The van der Waals surface area contributed by atoms with Crippen LogP contribution in [0.5, 0.6) is 0 Å². The van der Waals surface area contributed by atoms with Crippen LogP contribution in [-0.2, 0) is 0 Å². The fraction of sp³-hybridized carbons (Fsp3) is 1.00. The van der Waals surface area contributed by atoms with E-state index in [2.05, 4.69) is 5.32 Å². The molecule has 3 heteroatoms. The average molecular weight is 132 g/mol. The molecule has 0 bridgehead atoms. The summed E-state index contributed by atoms with van der Waals surface area (Å²) < 4.78 is 12.5. The third kappa shape index (κ3) is 2.28. The van der Waals surface area contributed by atoms with Gasteiger partial charge >= 0.3 is 0 Å². The van der Waals surface area contributed by atoms with E-state index in [4.69, 9.17) is 5.73 Å². The molecule has 0 saturated carbocycles. The van der Waals surface area contributed by atoms with Crippen molar-refractivity contribution in [3.63, 3.8) is 0 Å². The highest BCUT2D eigenvalue weighted by Crippen LogP contribution is 2.05. The lowest BCUT2D eigenvalue weighted by molar-refractivity contribution is 0.313. The van der Waals surface area contributed by atoms with E-state index in [9.17, 15) is 4.39 Å². The van der Waals surface area contributed by atoms with Gasteiger partial charge in [0.25, 0.3) is 0 Å². The molecule has 0 aromatic rings. The fourth-order valence-corrected chi connectivity index (χ4v) is 1.02. The molecule has 1 fully saturated rings. The minimum atomic E-state index is -0.682. The Hall–Kier alpha value is -0.150. The molecular weight excluding hydrogens is 119 g/mol. The second-order valence-electron chi connectivity index (χ2n) is 2.59. The predicted molar refractivity (Wildman–Crippen MR) is 35.0 cm³/mol. The van der Waals surface area contributed by atoms with E-state index in [-0.39, 0.29) is 6.04 Å². The second-order valence-corrected chi connectivity index (χ2v) is 2.59. The van der Waals surface area contributed by atoms with Gasteiger partial charge in [0.15, 0.2) is 0 Å². The Labute approximate surface area is 54.6 Å². The van der Waals surface area contributed by atoms with E-state index < -0.39 is 6.17 Å². The van der Waals surface area contributed by atoms with Gasteiger partial charge in [-0.2, -0.15) is 0 Å². The lowest BCUT2D eigenvalue weighted by Gasteiger charge is -2.04. The molecule has 0 aromatic carbocycles.